The number of amides is 1. The van der Waals surface area contributed by atoms with E-state index in [9.17, 15) is 14.4 Å². The molecule has 0 aliphatic heterocycles. The summed E-state index contributed by atoms with van der Waals surface area (Å²) in [5.74, 6) is -0.995. The number of nitrogens with one attached hydrogen (secondary N) is 1. The van der Waals surface area contributed by atoms with Gasteiger partial charge in [-0.1, -0.05) is 45.4 Å². The molecule has 4 atom stereocenters. The molecule has 10 nitrogen and oxygen atoms in total. The van der Waals surface area contributed by atoms with Crippen LogP contribution >= 0.6 is 0 Å². The van der Waals surface area contributed by atoms with E-state index in [-0.39, 0.29) is 29.2 Å². The molecular weight excluding hydrogens is 516 g/mol. The van der Waals surface area contributed by atoms with Crippen molar-refractivity contribution < 1.29 is 38.1 Å². The Balaban J connectivity index is 3.01. The second-order valence-corrected chi connectivity index (χ2v) is 9.08. The fraction of sp³-hybridized carbons (Fsp3) is 0.533. The molecule has 0 radical (unpaired) electrons. The van der Waals surface area contributed by atoms with Crippen LogP contribution in [-0.4, -0.2) is 55.0 Å². The third-order valence-electron chi connectivity index (χ3n) is 6.11. The van der Waals surface area contributed by atoms with Crippen molar-refractivity contribution >= 4 is 17.8 Å². The number of aromatic nitrogens is 1. The van der Waals surface area contributed by atoms with Crippen LogP contribution in [0, 0.1) is 5.92 Å². The Bertz CT molecular complexity index is 1040. The number of pyridine rings is 1. The minimum absolute atomic E-state index is 0.0226. The number of methoxy groups -OCH3 is 1. The first-order chi connectivity index (χ1) is 19.1. The topological polar surface area (TPSA) is 122 Å². The Morgan fingerprint density at radius 3 is 2.48 bits per heavy atom. The van der Waals surface area contributed by atoms with E-state index in [0.29, 0.717) is 5.76 Å². The second-order valence-electron chi connectivity index (χ2n) is 9.08. The first-order valence-corrected chi connectivity index (χ1v) is 13.6. The van der Waals surface area contributed by atoms with Crippen molar-refractivity contribution in [2.75, 3.05) is 13.9 Å². The van der Waals surface area contributed by atoms with E-state index in [1.54, 1.807) is 12.2 Å². The predicted octanol–water partition coefficient (Wildman–Crippen LogP) is 5.29. The van der Waals surface area contributed by atoms with Gasteiger partial charge in [0.05, 0.1) is 7.11 Å². The second kappa shape index (κ2) is 18.5. The van der Waals surface area contributed by atoms with Gasteiger partial charge in [-0.05, 0) is 45.8 Å². The molecule has 222 valence electrons. The van der Waals surface area contributed by atoms with Crippen molar-refractivity contribution in [2.45, 2.75) is 85.5 Å². The van der Waals surface area contributed by atoms with Crippen LogP contribution in [0.5, 0.6) is 11.5 Å². The lowest BCUT2D eigenvalue weighted by Crippen LogP contribution is -2.43. The summed E-state index contributed by atoms with van der Waals surface area (Å²) in [6, 6.07) is 0.507. The molecule has 1 amide bonds. The Kier molecular flexibility index (Phi) is 15.8. The average Bonchev–Trinajstić information content (AvgIpc) is 2.93. The summed E-state index contributed by atoms with van der Waals surface area (Å²) in [5, 5.41) is 2.60. The van der Waals surface area contributed by atoms with Crippen molar-refractivity contribution in [3.63, 3.8) is 0 Å². The van der Waals surface area contributed by atoms with Gasteiger partial charge in [-0.3, -0.25) is 9.59 Å². The predicted molar refractivity (Wildman–Crippen MR) is 152 cm³/mol. The van der Waals surface area contributed by atoms with Gasteiger partial charge in [-0.15, -0.1) is 0 Å². The molecule has 1 aromatic rings. The maximum absolute atomic E-state index is 13.0. The van der Waals surface area contributed by atoms with E-state index in [2.05, 4.69) is 23.8 Å². The highest BCUT2D eigenvalue weighted by molar-refractivity contribution is 5.98. The molecule has 0 saturated carbocycles. The molecule has 0 saturated heterocycles. The molecule has 0 aromatic carbocycles. The monoisotopic (exact) mass is 560 g/mol. The minimum atomic E-state index is -0.987. The summed E-state index contributed by atoms with van der Waals surface area (Å²) in [6.07, 6.45) is 11.4. The van der Waals surface area contributed by atoms with Crippen LogP contribution in [-0.2, 0) is 23.8 Å². The minimum Gasteiger partial charge on any atom is -0.493 e. The molecular formula is C30H44N2O8. The molecule has 10 heteroatoms. The summed E-state index contributed by atoms with van der Waals surface area (Å²) >= 11 is 0. The van der Waals surface area contributed by atoms with Gasteiger partial charge < -0.3 is 29.0 Å². The van der Waals surface area contributed by atoms with Crippen LogP contribution in [0.2, 0.25) is 0 Å². The fourth-order valence-electron chi connectivity index (χ4n) is 3.94. The van der Waals surface area contributed by atoms with Crippen LogP contribution < -0.4 is 14.8 Å². The zero-order valence-corrected chi connectivity index (χ0v) is 24.7. The lowest BCUT2D eigenvalue weighted by Gasteiger charge is -2.32. The molecule has 0 spiro atoms. The van der Waals surface area contributed by atoms with Crippen molar-refractivity contribution in [2.24, 2.45) is 5.92 Å². The summed E-state index contributed by atoms with van der Waals surface area (Å²) < 4.78 is 27.6. The summed E-state index contributed by atoms with van der Waals surface area (Å²) in [7, 11) is 1.40. The van der Waals surface area contributed by atoms with Gasteiger partial charge in [0.15, 0.2) is 17.2 Å². The van der Waals surface area contributed by atoms with Gasteiger partial charge in [0.25, 0.3) is 5.91 Å². The molecule has 40 heavy (non-hydrogen) atoms. The van der Waals surface area contributed by atoms with Gasteiger partial charge in [0.2, 0.25) is 6.79 Å². The lowest BCUT2D eigenvalue weighted by molar-refractivity contribution is -0.155. The standard InChI is InChI=1S/C30H44N2O8/c1-9-13-15-23(11-3)40-25(12-4)24(16-14-10-2)21(6)39-30(35)20(5)32-29(34)27-28(38-19-37-22(7)33)26(36-8)17-18-31-27/h9,11,13,15,17-18,20-21,24-25H,1,10,12,14,16,19H2,2-8H3,(H,32,34)/b15-13-,23-11+/t20-,21-,24-,25+/m0/s1. The number of nitrogens with zero attached hydrogens (tertiary/aromatic N) is 1. The normalized spacial score (nSPS) is 14.4. The van der Waals surface area contributed by atoms with Crippen LogP contribution in [0.4, 0.5) is 0 Å². The van der Waals surface area contributed by atoms with E-state index >= 15 is 0 Å². The number of allylic oxidation sites excluding steroid dienone is 4. The molecule has 0 fully saturated rings. The summed E-state index contributed by atoms with van der Waals surface area (Å²) in [4.78, 5) is 41.2. The molecule has 1 N–H and O–H groups in total. The number of carbonyl (C=O) groups is 3. The maximum atomic E-state index is 13.0. The van der Waals surface area contributed by atoms with E-state index in [1.165, 1.54) is 33.2 Å². The number of esters is 2. The van der Waals surface area contributed by atoms with Crippen LogP contribution in [0.1, 0.15) is 77.7 Å². The molecule has 1 aromatic heterocycles. The first-order valence-electron chi connectivity index (χ1n) is 13.6. The molecule has 1 rings (SSSR count). The molecule has 0 unspecified atom stereocenters. The number of hydrogen-bond acceptors (Lipinski definition) is 9. The van der Waals surface area contributed by atoms with Crippen molar-refractivity contribution in [3.05, 3.63) is 54.6 Å². The van der Waals surface area contributed by atoms with Gasteiger partial charge >= 0.3 is 11.9 Å². The number of unbranched alkanes of at least 4 members (excludes halogenated alkanes) is 1. The Morgan fingerprint density at radius 1 is 1.18 bits per heavy atom. The first kappa shape index (κ1) is 34.2. The number of rotatable bonds is 18. The van der Waals surface area contributed by atoms with E-state index < -0.39 is 36.8 Å². The van der Waals surface area contributed by atoms with Crippen molar-refractivity contribution in [3.8, 4) is 11.5 Å². The van der Waals surface area contributed by atoms with Crippen LogP contribution in [0.25, 0.3) is 0 Å². The van der Waals surface area contributed by atoms with Crippen molar-refractivity contribution in [1.82, 2.24) is 10.3 Å². The van der Waals surface area contributed by atoms with E-state index in [4.69, 9.17) is 23.7 Å². The van der Waals surface area contributed by atoms with Crippen molar-refractivity contribution in [1.29, 1.82) is 0 Å². The van der Waals surface area contributed by atoms with Gasteiger partial charge in [-0.25, -0.2) is 9.78 Å². The molecule has 0 aliphatic rings. The number of hydrogen-bond donors (Lipinski definition) is 1. The van der Waals surface area contributed by atoms with E-state index in [1.807, 2.05) is 32.9 Å². The van der Waals surface area contributed by atoms with Gasteiger partial charge in [0.1, 0.15) is 24.0 Å². The molecule has 0 bridgehead atoms. The van der Waals surface area contributed by atoms with Gasteiger partial charge in [0, 0.05) is 25.1 Å². The van der Waals surface area contributed by atoms with Gasteiger partial charge in [-0.2, -0.15) is 0 Å². The van der Waals surface area contributed by atoms with Crippen LogP contribution in [0.3, 0.4) is 0 Å². The van der Waals surface area contributed by atoms with Crippen LogP contribution in [0.15, 0.2) is 48.9 Å². The highest BCUT2D eigenvalue weighted by Gasteiger charge is 2.32. The summed E-state index contributed by atoms with van der Waals surface area (Å²) in [5.41, 5.74) is -0.133. The lowest BCUT2D eigenvalue weighted by atomic mass is 9.89. The smallest absolute Gasteiger partial charge is 0.328 e. The zero-order chi connectivity index (χ0) is 30.1. The maximum Gasteiger partial charge on any atom is 0.328 e. The summed E-state index contributed by atoms with van der Waals surface area (Å²) in [6.45, 7) is 13.9. The Labute approximate surface area is 237 Å². The third-order valence-corrected chi connectivity index (χ3v) is 6.11. The molecule has 0 aliphatic carbocycles. The average molecular weight is 561 g/mol. The Hall–Kier alpha value is -3.82. The highest BCUT2D eigenvalue weighted by atomic mass is 16.7. The Morgan fingerprint density at radius 2 is 1.90 bits per heavy atom. The largest absolute Gasteiger partial charge is 0.493 e. The number of carbonyl (C=O) groups excluding carboxylic acids is 3. The SMILES string of the molecule is C=C/C=C\C(=C/C)O[C@H](CC)[C@@H](CCCC)[C@H](C)OC(=O)[C@H](C)NC(=O)c1nccc(OC)c1OCOC(C)=O. The van der Waals surface area contributed by atoms with E-state index in [0.717, 1.165) is 25.7 Å². The number of ether oxygens (including phenoxy) is 5. The fourth-order valence-corrected chi connectivity index (χ4v) is 3.94. The highest BCUT2D eigenvalue weighted by Crippen LogP contribution is 2.30. The third kappa shape index (κ3) is 11.1. The molecule has 1 heterocycles. The quantitative estimate of drug-likeness (QED) is 0.110. The zero-order valence-electron chi connectivity index (χ0n) is 24.7.